The van der Waals surface area contributed by atoms with Gasteiger partial charge in [0.25, 0.3) is 0 Å². The van der Waals surface area contributed by atoms with E-state index in [0.29, 0.717) is 11.3 Å². The van der Waals surface area contributed by atoms with Gasteiger partial charge in [0.2, 0.25) is 10.0 Å². The van der Waals surface area contributed by atoms with E-state index in [1.54, 1.807) is 24.6 Å². The Bertz CT molecular complexity index is 679. The van der Waals surface area contributed by atoms with Crippen molar-refractivity contribution in [3.8, 4) is 5.75 Å². The SMILES string of the molecule is COc1ccccc1CNS(=O)(=O)c1cc(CO)cs1. The van der Waals surface area contributed by atoms with Gasteiger partial charge in [0.05, 0.1) is 13.7 Å². The summed E-state index contributed by atoms with van der Waals surface area (Å²) in [7, 11) is -2.03. The lowest BCUT2D eigenvalue weighted by molar-refractivity contribution is 0.282. The van der Waals surface area contributed by atoms with Crippen molar-refractivity contribution in [3.05, 3.63) is 46.8 Å². The molecule has 0 bridgehead atoms. The van der Waals surface area contributed by atoms with E-state index in [0.717, 1.165) is 16.9 Å². The van der Waals surface area contributed by atoms with Crippen molar-refractivity contribution >= 4 is 21.4 Å². The van der Waals surface area contributed by atoms with Crippen LogP contribution in [0.5, 0.6) is 5.75 Å². The van der Waals surface area contributed by atoms with Crippen molar-refractivity contribution in [2.45, 2.75) is 17.4 Å². The molecule has 1 aromatic carbocycles. The van der Waals surface area contributed by atoms with Crippen LogP contribution < -0.4 is 9.46 Å². The van der Waals surface area contributed by atoms with Crippen molar-refractivity contribution in [1.29, 1.82) is 0 Å². The van der Waals surface area contributed by atoms with Crippen molar-refractivity contribution in [2.75, 3.05) is 7.11 Å². The van der Waals surface area contributed by atoms with Gasteiger partial charge in [-0.1, -0.05) is 18.2 Å². The number of para-hydroxylation sites is 1. The maximum absolute atomic E-state index is 12.1. The zero-order valence-corrected chi connectivity index (χ0v) is 12.5. The second kappa shape index (κ2) is 6.36. The van der Waals surface area contributed by atoms with Crippen LogP contribution in [0.4, 0.5) is 0 Å². The average molecular weight is 313 g/mol. The van der Waals surface area contributed by atoms with Gasteiger partial charge in [-0.05, 0) is 23.1 Å². The van der Waals surface area contributed by atoms with E-state index in [4.69, 9.17) is 9.84 Å². The molecule has 0 amide bonds. The third-order valence-corrected chi connectivity index (χ3v) is 5.61. The van der Waals surface area contributed by atoms with Crippen LogP contribution in [-0.4, -0.2) is 20.6 Å². The van der Waals surface area contributed by atoms with Gasteiger partial charge in [0.1, 0.15) is 9.96 Å². The number of aliphatic hydroxyl groups is 1. The van der Waals surface area contributed by atoms with Gasteiger partial charge in [0.15, 0.2) is 0 Å². The van der Waals surface area contributed by atoms with Crippen LogP contribution in [0.15, 0.2) is 39.9 Å². The summed E-state index contributed by atoms with van der Waals surface area (Å²) in [4.78, 5) is 0. The summed E-state index contributed by atoms with van der Waals surface area (Å²) in [6.07, 6.45) is 0. The summed E-state index contributed by atoms with van der Waals surface area (Å²) in [5.74, 6) is 0.637. The van der Waals surface area contributed by atoms with E-state index in [1.165, 1.54) is 6.07 Å². The molecule has 1 aromatic heterocycles. The maximum Gasteiger partial charge on any atom is 0.250 e. The van der Waals surface area contributed by atoms with Crippen LogP contribution in [0.1, 0.15) is 11.1 Å². The number of sulfonamides is 1. The topological polar surface area (TPSA) is 75.6 Å². The van der Waals surface area contributed by atoms with Gasteiger partial charge >= 0.3 is 0 Å². The monoisotopic (exact) mass is 313 g/mol. The minimum Gasteiger partial charge on any atom is -0.496 e. The van der Waals surface area contributed by atoms with Gasteiger partial charge in [0, 0.05) is 12.1 Å². The summed E-state index contributed by atoms with van der Waals surface area (Å²) in [5, 5.41) is 10.6. The van der Waals surface area contributed by atoms with Gasteiger partial charge in [-0.25, -0.2) is 13.1 Å². The van der Waals surface area contributed by atoms with Crippen LogP contribution in [0.25, 0.3) is 0 Å². The molecule has 0 fully saturated rings. The number of nitrogens with one attached hydrogen (secondary N) is 1. The number of rotatable bonds is 6. The molecule has 0 aliphatic carbocycles. The number of benzene rings is 1. The molecule has 20 heavy (non-hydrogen) atoms. The molecular formula is C13H15NO4S2. The van der Waals surface area contributed by atoms with E-state index >= 15 is 0 Å². The molecule has 0 spiro atoms. The first-order valence-electron chi connectivity index (χ1n) is 5.86. The number of ether oxygens (including phenoxy) is 1. The fourth-order valence-electron chi connectivity index (χ4n) is 1.67. The lowest BCUT2D eigenvalue weighted by atomic mass is 10.2. The van der Waals surface area contributed by atoms with Gasteiger partial charge in [-0.15, -0.1) is 11.3 Å². The summed E-state index contributed by atoms with van der Waals surface area (Å²) < 4.78 is 32.1. The van der Waals surface area contributed by atoms with Crippen molar-refractivity contribution in [1.82, 2.24) is 4.72 Å². The summed E-state index contributed by atoms with van der Waals surface area (Å²) in [6.45, 7) is -0.0166. The van der Waals surface area contributed by atoms with E-state index in [2.05, 4.69) is 4.72 Å². The smallest absolute Gasteiger partial charge is 0.250 e. The Hall–Kier alpha value is -1.41. The summed E-state index contributed by atoms with van der Waals surface area (Å²) in [6, 6.07) is 8.69. The Morgan fingerprint density at radius 1 is 1.35 bits per heavy atom. The molecule has 5 nitrogen and oxygen atoms in total. The molecule has 1 heterocycles. The normalized spacial score (nSPS) is 11.5. The van der Waals surface area contributed by atoms with Gasteiger partial charge in [-0.2, -0.15) is 0 Å². The fraction of sp³-hybridized carbons (Fsp3) is 0.231. The molecule has 2 aromatic rings. The highest BCUT2D eigenvalue weighted by molar-refractivity contribution is 7.91. The van der Waals surface area contributed by atoms with Crippen molar-refractivity contribution in [2.24, 2.45) is 0 Å². The Labute approximate surface area is 121 Å². The average Bonchev–Trinajstić information content (AvgIpc) is 2.95. The molecule has 108 valence electrons. The molecule has 0 saturated carbocycles. The van der Waals surface area contributed by atoms with E-state index < -0.39 is 10.0 Å². The molecule has 0 atom stereocenters. The third kappa shape index (κ3) is 3.37. The van der Waals surface area contributed by atoms with Crippen LogP contribution in [0, 0.1) is 0 Å². The first-order valence-corrected chi connectivity index (χ1v) is 8.23. The minimum absolute atomic E-state index is 0.151. The maximum atomic E-state index is 12.1. The lowest BCUT2D eigenvalue weighted by Crippen LogP contribution is -2.22. The molecule has 2 rings (SSSR count). The first-order chi connectivity index (χ1) is 9.56. The number of hydrogen-bond acceptors (Lipinski definition) is 5. The molecule has 0 saturated heterocycles. The number of hydrogen-bond donors (Lipinski definition) is 2. The summed E-state index contributed by atoms with van der Waals surface area (Å²) in [5.41, 5.74) is 1.35. The van der Waals surface area contributed by atoms with Gasteiger partial charge < -0.3 is 9.84 Å². The highest BCUT2D eigenvalue weighted by Crippen LogP contribution is 2.22. The largest absolute Gasteiger partial charge is 0.496 e. The molecule has 0 aliphatic heterocycles. The Kier molecular flexibility index (Phi) is 4.77. The third-order valence-electron chi connectivity index (χ3n) is 2.72. The Morgan fingerprint density at radius 3 is 2.75 bits per heavy atom. The minimum atomic E-state index is -3.57. The predicted molar refractivity (Wildman–Crippen MR) is 77.3 cm³/mol. The fourth-order valence-corrected chi connectivity index (χ4v) is 3.92. The highest BCUT2D eigenvalue weighted by Gasteiger charge is 2.17. The van der Waals surface area contributed by atoms with Crippen LogP contribution >= 0.6 is 11.3 Å². The van der Waals surface area contributed by atoms with Crippen molar-refractivity contribution < 1.29 is 18.3 Å². The van der Waals surface area contributed by atoms with Gasteiger partial charge in [-0.3, -0.25) is 0 Å². The Balaban J connectivity index is 2.13. The molecule has 0 radical (unpaired) electrons. The number of aliphatic hydroxyl groups excluding tert-OH is 1. The first kappa shape index (κ1) is 15.0. The van der Waals surface area contributed by atoms with E-state index in [-0.39, 0.29) is 17.4 Å². The number of methoxy groups -OCH3 is 1. The Morgan fingerprint density at radius 2 is 2.10 bits per heavy atom. The zero-order chi connectivity index (χ0) is 14.6. The number of thiophene rings is 1. The standard InChI is InChI=1S/C13H15NO4S2/c1-18-12-5-3-2-4-11(12)7-14-20(16,17)13-6-10(8-15)9-19-13/h2-6,9,14-15H,7-8H2,1H3. The predicted octanol–water partition coefficient (Wildman–Crippen LogP) is 1.73. The van der Waals surface area contributed by atoms with E-state index in [1.807, 2.05) is 12.1 Å². The highest BCUT2D eigenvalue weighted by atomic mass is 32.2. The zero-order valence-electron chi connectivity index (χ0n) is 10.9. The lowest BCUT2D eigenvalue weighted by Gasteiger charge is -2.09. The summed E-state index contributed by atoms with van der Waals surface area (Å²) >= 11 is 1.08. The molecule has 0 aliphatic rings. The van der Waals surface area contributed by atoms with Crippen molar-refractivity contribution in [3.63, 3.8) is 0 Å². The molecule has 2 N–H and O–H groups in total. The second-order valence-electron chi connectivity index (χ2n) is 4.07. The van der Waals surface area contributed by atoms with Crippen LogP contribution in [0.3, 0.4) is 0 Å². The molecule has 0 unspecified atom stereocenters. The second-order valence-corrected chi connectivity index (χ2v) is 6.97. The molecule has 7 heteroatoms. The van der Waals surface area contributed by atoms with Crippen LogP contribution in [-0.2, 0) is 23.2 Å². The van der Waals surface area contributed by atoms with Crippen LogP contribution in [0.2, 0.25) is 0 Å². The molecular weight excluding hydrogens is 298 g/mol. The quantitative estimate of drug-likeness (QED) is 0.851. The van der Waals surface area contributed by atoms with E-state index in [9.17, 15) is 8.42 Å².